The smallest absolute Gasteiger partial charge is 0.161 e. The van der Waals surface area contributed by atoms with Crippen LogP contribution in [0, 0.1) is 6.92 Å². The molecule has 0 atom stereocenters. The van der Waals surface area contributed by atoms with Gasteiger partial charge in [-0.1, -0.05) is 19.9 Å². The molecular weight excluding hydrogens is 226 g/mol. The van der Waals surface area contributed by atoms with E-state index in [1.54, 1.807) is 7.11 Å². The second-order valence-corrected chi connectivity index (χ2v) is 4.23. The molecule has 1 aromatic carbocycles. The van der Waals surface area contributed by atoms with Gasteiger partial charge in [0.25, 0.3) is 0 Å². The first-order valence-corrected chi connectivity index (χ1v) is 6.80. The van der Waals surface area contributed by atoms with Crippen molar-refractivity contribution in [2.45, 2.75) is 39.7 Å². The van der Waals surface area contributed by atoms with Gasteiger partial charge < -0.3 is 14.8 Å². The second-order valence-electron chi connectivity index (χ2n) is 4.23. The molecule has 18 heavy (non-hydrogen) atoms. The van der Waals surface area contributed by atoms with Crippen LogP contribution in [0.1, 0.15) is 32.3 Å². The number of nitrogens with one attached hydrogen (secondary N) is 1. The number of ether oxygens (including phenoxy) is 2. The maximum atomic E-state index is 5.67. The topological polar surface area (TPSA) is 30.5 Å². The van der Waals surface area contributed by atoms with Crippen molar-refractivity contribution in [2.75, 3.05) is 20.3 Å². The lowest BCUT2D eigenvalue weighted by Gasteiger charge is -2.11. The van der Waals surface area contributed by atoms with Gasteiger partial charge in [0.2, 0.25) is 0 Å². The Balaban J connectivity index is 0.000000771. The van der Waals surface area contributed by atoms with Gasteiger partial charge in [-0.3, -0.25) is 0 Å². The van der Waals surface area contributed by atoms with Crippen LogP contribution in [0.25, 0.3) is 0 Å². The summed E-state index contributed by atoms with van der Waals surface area (Å²) in [7, 11) is 1.67. The fourth-order valence-corrected chi connectivity index (χ4v) is 1.61. The highest BCUT2D eigenvalue weighted by Gasteiger charge is 2.19. The van der Waals surface area contributed by atoms with Crippen molar-refractivity contribution < 1.29 is 9.47 Å². The van der Waals surface area contributed by atoms with Gasteiger partial charge in [-0.25, -0.2) is 0 Å². The zero-order valence-corrected chi connectivity index (χ0v) is 12.0. The first kappa shape index (κ1) is 14.8. The van der Waals surface area contributed by atoms with Gasteiger partial charge in [0.15, 0.2) is 11.5 Å². The molecule has 1 N–H and O–H groups in total. The average molecular weight is 251 g/mol. The highest BCUT2D eigenvalue weighted by atomic mass is 16.5. The van der Waals surface area contributed by atoms with Crippen molar-refractivity contribution >= 4 is 0 Å². The third-order valence-electron chi connectivity index (χ3n) is 2.69. The van der Waals surface area contributed by atoms with E-state index in [1.807, 2.05) is 39.0 Å². The maximum Gasteiger partial charge on any atom is 0.161 e. The molecule has 0 radical (unpaired) electrons. The van der Waals surface area contributed by atoms with Crippen LogP contribution >= 0.6 is 0 Å². The maximum absolute atomic E-state index is 5.67. The third kappa shape index (κ3) is 4.96. The predicted octanol–water partition coefficient (Wildman–Crippen LogP) is 3.16. The highest BCUT2D eigenvalue weighted by molar-refractivity contribution is 5.42. The Bertz CT molecular complexity index is 348. The average Bonchev–Trinajstić information content (AvgIpc) is 3.22. The van der Waals surface area contributed by atoms with E-state index in [9.17, 15) is 0 Å². The first-order chi connectivity index (χ1) is 8.79. The van der Waals surface area contributed by atoms with Crippen LogP contribution in [0.15, 0.2) is 18.2 Å². The molecule has 3 nitrogen and oxygen atoms in total. The molecule has 0 saturated heterocycles. The lowest BCUT2D eigenvalue weighted by molar-refractivity contribution is 0.292. The Morgan fingerprint density at radius 2 is 1.94 bits per heavy atom. The lowest BCUT2D eigenvalue weighted by atomic mass is 10.2. The van der Waals surface area contributed by atoms with Crippen LogP contribution in [-0.2, 0) is 0 Å². The van der Waals surface area contributed by atoms with E-state index in [4.69, 9.17) is 9.47 Å². The molecule has 1 saturated carbocycles. The monoisotopic (exact) mass is 251 g/mol. The summed E-state index contributed by atoms with van der Waals surface area (Å²) < 4.78 is 10.9. The minimum Gasteiger partial charge on any atom is -0.493 e. The van der Waals surface area contributed by atoms with E-state index in [-0.39, 0.29) is 0 Å². The fourth-order valence-electron chi connectivity index (χ4n) is 1.61. The molecule has 3 heteroatoms. The van der Waals surface area contributed by atoms with E-state index in [0.29, 0.717) is 6.61 Å². The summed E-state index contributed by atoms with van der Waals surface area (Å²) in [6.45, 7) is 7.64. The SMILES string of the molecule is CC.COc1cc(C)ccc1OCCNC1CC1. The van der Waals surface area contributed by atoms with Crippen molar-refractivity contribution in [1.29, 1.82) is 0 Å². The van der Waals surface area contributed by atoms with Crippen molar-refractivity contribution in [3.63, 3.8) is 0 Å². The Morgan fingerprint density at radius 3 is 2.56 bits per heavy atom. The molecule has 1 fully saturated rings. The number of hydrogen-bond acceptors (Lipinski definition) is 3. The molecule has 1 aromatic rings. The molecule has 2 rings (SSSR count). The van der Waals surface area contributed by atoms with Gasteiger partial charge in [0.05, 0.1) is 7.11 Å². The fraction of sp³-hybridized carbons (Fsp3) is 0.600. The van der Waals surface area contributed by atoms with Crippen molar-refractivity contribution in [3.05, 3.63) is 23.8 Å². The van der Waals surface area contributed by atoms with Crippen molar-refractivity contribution in [2.24, 2.45) is 0 Å². The van der Waals surface area contributed by atoms with Gasteiger partial charge in [-0.15, -0.1) is 0 Å². The Morgan fingerprint density at radius 1 is 1.22 bits per heavy atom. The minimum atomic E-state index is 0.690. The molecule has 0 bridgehead atoms. The van der Waals surface area contributed by atoms with Gasteiger partial charge in [0.1, 0.15) is 6.61 Å². The van der Waals surface area contributed by atoms with Crippen LogP contribution in [0.2, 0.25) is 0 Å². The van der Waals surface area contributed by atoms with Crippen molar-refractivity contribution in [1.82, 2.24) is 5.32 Å². The van der Waals surface area contributed by atoms with Crippen LogP contribution in [0.5, 0.6) is 11.5 Å². The molecule has 0 heterocycles. The summed E-state index contributed by atoms with van der Waals surface area (Å²) in [4.78, 5) is 0. The van der Waals surface area contributed by atoms with E-state index in [2.05, 4.69) is 5.32 Å². The van der Waals surface area contributed by atoms with Crippen LogP contribution in [-0.4, -0.2) is 26.3 Å². The Kier molecular flexibility index (Phi) is 6.58. The molecule has 0 amide bonds. The van der Waals surface area contributed by atoms with E-state index >= 15 is 0 Å². The van der Waals surface area contributed by atoms with E-state index < -0.39 is 0 Å². The molecule has 0 unspecified atom stereocenters. The number of hydrogen-bond donors (Lipinski definition) is 1. The van der Waals surface area contributed by atoms with Gasteiger partial charge in [-0.05, 0) is 37.5 Å². The molecular formula is C15H25NO2. The lowest BCUT2D eigenvalue weighted by Crippen LogP contribution is -2.22. The number of aryl methyl sites for hydroxylation is 1. The van der Waals surface area contributed by atoms with Crippen LogP contribution in [0.3, 0.4) is 0 Å². The number of rotatable bonds is 6. The summed E-state index contributed by atoms with van der Waals surface area (Å²) in [6.07, 6.45) is 2.63. The molecule has 0 aliphatic heterocycles. The Labute approximate surface area is 110 Å². The molecule has 102 valence electrons. The van der Waals surface area contributed by atoms with Crippen molar-refractivity contribution in [3.8, 4) is 11.5 Å². The van der Waals surface area contributed by atoms with Crippen LogP contribution < -0.4 is 14.8 Å². The number of methoxy groups -OCH3 is 1. The number of benzene rings is 1. The highest BCUT2D eigenvalue weighted by Crippen LogP contribution is 2.27. The molecule has 1 aliphatic rings. The molecule has 0 spiro atoms. The summed E-state index contributed by atoms with van der Waals surface area (Å²) in [5.41, 5.74) is 1.18. The zero-order valence-electron chi connectivity index (χ0n) is 12.0. The van der Waals surface area contributed by atoms with Gasteiger partial charge >= 0.3 is 0 Å². The summed E-state index contributed by atoms with van der Waals surface area (Å²) in [5, 5.41) is 3.41. The van der Waals surface area contributed by atoms with E-state index in [0.717, 1.165) is 24.1 Å². The van der Waals surface area contributed by atoms with E-state index in [1.165, 1.54) is 18.4 Å². The largest absolute Gasteiger partial charge is 0.493 e. The predicted molar refractivity (Wildman–Crippen MR) is 75.6 cm³/mol. The van der Waals surface area contributed by atoms with Gasteiger partial charge in [-0.2, -0.15) is 0 Å². The summed E-state index contributed by atoms with van der Waals surface area (Å²) >= 11 is 0. The van der Waals surface area contributed by atoms with Gasteiger partial charge in [0, 0.05) is 12.6 Å². The van der Waals surface area contributed by atoms with Crippen LogP contribution in [0.4, 0.5) is 0 Å². The second kappa shape index (κ2) is 7.98. The Hall–Kier alpha value is -1.22. The normalized spacial score (nSPS) is 13.6. The first-order valence-electron chi connectivity index (χ1n) is 6.80. The summed E-state index contributed by atoms with van der Waals surface area (Å²) in [5.74, 6) is 1.64. The quantitative estimate of drug-likeness (QED) is 0.788. The molecule has 0 aromatic heterocycles. The standard InChI is InChI=1S/C13H19NO2.C2H6/c1-10-3-6-12(13(9-10)15-2)16-8-7-14-11-4-5-11;1-2/h3,6,9,11,14H,4-5,7-8H2,1-2H3;1-2H3. The molecule has 1 aliphatic carbocycles. The third-order valence-corrected chi connectivity index (χ3v) is 2.69. The minimum absolute atomic E-state index is 0.690. The summed E-state index contributed by atoms with van der Waals surface area (Å²) in [6, 6.07) is 6.73. The zero-order chi connectivity index (χ0) is 13.4.